The fourth-order valence-electron chi connectivity index (χ4n) is 14.6. The van der Waals surface area contributed by atoms with Crippen molar-refractivity contribution in [2.75, 3.05) is 39.6 Å². The van der Waals surface area contributed by atoms with Crippen molar-refractivity contribution in [2.45, 2.75) is 412 Å². The Hall–Kier alpha value is -2.85. The van der Waals surface area contributed by atoms with Crippen molar-refractivity contribution in [3.8, 4) is 0 Å². The Morgan fingerprint density at radius 2 is 0.729 bits per heavy atom. The molecule has 5 rings (SSSR count). The third kappa shape index (κ3) is 32.2. The smallest absolute Gasteiger partial charge is 0.220 e. The monoisotopic (exact) mass is 1540 g/mol. The molecule has 0 radical (unpaired) electrons. The van der Waals surface area contributed by atoms with E-state index >= 15 is 0 Å². The third-order valence-corrected chi connectivity index (χ3v) is 21.1. The van der Waals surface area contributed by atoms with Crippen molar-refractivity contribution in [2.24, 2.45) is 0 Å². The maximum atomic E-state index is 13.6. The first-order valence-electron chi connectivity index (χ1n) is 40.4. The lowest BCUT2D eigenvalue weighted by molar-refractivity contribution is -0.390. The molecule has 0 spiro atoms. The highest BCUT2D eigenvalue weighted by molar-refractivity contribution is 5.76. The quantitative estimate of drug-likeness (QED) is 0.0306. The van der Waals surface area contributed by atoms with Gasteiger partial charge in [-0.25, -0.2) is 0 Å². The number of carbonyl (C=O) groups is 3. The van der Waals surface area contributed by atoms with Crippen molar-refractivity contribution >= 4 is 17.7 Å². The number of hydrogen-bond donors (Lipinski definition) is 18. The van der Waals surface area contributed by atoms with Crippen LogP contribution in [0.1, 0.15) is 246 Å². The molecule has 5 fully saturated rings. The average Bonchev–Trinajstić information content (AvgIpc) is 0.775. The Bertz CT molecular complexity index is 2380. The van der Waals surface area contributed by atoms with Crippen LogP contribution < -0.4 is 16.0 Å². The lowest BCUT2D eigenvalue weighted by Crippen LogP contribution is -2.69. The first kappa shape index (κ1) is 94.7. The van der Waals surface area contributed by atoms with Crippen LogP contribution in [0.5, 0.6) is 0 Å². The lowest BCUT2D eigenvalue weighted by Gasteiger charge is -2.50. The number of hydrogen-bond acceptors (Lipinski definition) is 28. The standard InChI is InChI=1S/C76H139N3O28/c1-5-7-9-11-13-15-17-19-20-21-22-23-24-25-26-28-30-32-34-36-38-40-56(87)79-49(50(86)39-37-35-33-31-29-27-18-16-14-12-10-8-6-2)45-98-74-66(95)65(94)69(54(44-83)103-74)105-76-68(97)71(62(91)55(104-76)46-99-72-57(77-47(3)84)63(92)59(88)51(41-80)100-72)107-75-67(96)70(61(90)53(43-82)102-75)106-73-58(78-48(4)85)64(93)60(89)52(42-81)101-73/h37,39,49-55,57-76,80-83,86,88-97H,5-36,38,40-46H2,1-4H3,(H,77,84)(H,78,85)(H,79,87)/b39-37+/t49-,50+,51?,52?,53?,54?,55?,57?,58?,59+,60-,61-,62-,63+,64+,65+,66?,67?,68?,69+,70-,71-,72+,73-,74+,75+,76-/m0/s1. The van der Waals surface area contributed by atoms with Gasteiger partial charge in [0.1, 0.15) is 122 Å². The van der Waals surface area contributed by atoms with Gasteiger partial charge < -0.3 is 140 Å². The lowest BCUT2D eigenvalue weighted by atomic mass is 9.94. The molecule has 31 nitrogen and oxygen atoms in total. The second-order valence-corrected chi connectivity index (χ2v) is 30.0. The van der Waals surface area contributed by atoms with E-state index in [1.165, 1.54) is 148 Å². The predicted molar refractivity (Wildman–Crippen MR) is 389 cm³/mol. The minimum atomic E-state index is -2.27. The average molecular weight is 1540 g/mol. The molecule has 31 heteroatoms. The van der Waals surface area contributed by atoms with Crippen molar-refractivity contribution in [1.29, 1.82) is 0 Å². The molecule has 0 bridgehead atoms. The van der Waals surface area contributed by atoms with Crippen LogP contribution in [0.2, 0.25) is 0 Å². The number of allylic oxidation sites excluding steroid dienone is 1. The first-order valence-corrected chi connectivity index (χ1v) is 40.4. The van der Waals surface area contributed by atoms with E-state index in [9.17, 15) is 91.0 Å². The summed E-state index contributed by atoms with van der Waals surface area (Å²) in [5.41, 5.74) is 0. The van der Waals surface area contributed by atoms with Gasteiger partial charge in [0, 0.05) is 20.3 Å². The normalized spacial score (nSPS) is 34.0. The van der Waals surface area contributed by atoms with Crippen LogP contribution in [0.15, 0.2) is 12.2 Å². The summed E-state index contributed by atoms with van der Waals surface area (Å²) in [6.07, 6.45) is -2.01. The number of aliphatic hydroxyl groups is 15. The van der Waals surface area contributed by atoms with Gasteiger partial charge in [-0.3, -0.25) is 14.4 Å². The molecule has 27 atom stereocenters. The molecule has 0 aromatic rings. The van der Waals surface area contributed by atoms with E-state index in [4.69, 9.17) is 47.4 Å². The van der Waals surface area contributed by atoms with E-state index < -0.39 is 217 Å². The SMILES string of the molecule is CCCCCCCCCCCCC/C=C/[C@@H](O)[C@H](CO[C@@H]1OC(CO)[C@@H](O[C@@H]2OC(CO[C@@H]3OC(CO)[C@@H](O)[C@H](O)C3NC(C)=O)[C@H](O)[C@H](O[C@H]3OC(CO)[C@H](O)[C@H](O[C@@H]4OC(CO)[C@H](O)[C@H](O)C4NC(C)=O)C3O)C2O)[C@H](O)C1O)NC(=O)CCCCCCCCCCCCCCCCCCCCCCC. The summed E-state index contributed by atoms with van der Waals surface area (Å²) in [4.78, 5) is 38.2. The largest absolute Gasteiger partial charge is 0.394 e. The number of nitrogens with one attached hydrogen (secondary N) is 3. The number of rotatable bonds is 55. The second-order valence-electron chi connectivity index (χ2n) is 30.0. The number of amides is 3. The van der Waals surface area contributed by atoms with E-state index in [1.54, 1.807) is 6.08 Å². The molecule has 5 saturated heterocycles. The first-order chi connectivity index (χ1) is 51.5. The fraction of sp³-hybridized carbons (Fsp3) is 0.934. The zero-order valence-corrected chi connectivity index (χ0v) is 64.0. The summed E-state index contributed by atoms with van der Waals surface area (Å²) in [5.74, 6) is -1.81. The molecule has 0 saturated carbocycles. The zero-order chi connectivity index (χ0) is 78.2. The van der Waals surface area contributed by atoms with E-state index in [-0.39, 0.29) is 12.3 Å². The summed E-state index contributed by atoms with van der Waals surface area (Å²) in [6, 6.07) is -4.22. The van der Waals surface area contributed by atoms with Gasteiger partial charge in [0.05, 0.1) is 51.8 Å². The minimum absolute atomic E-state index is 0.170. The van der Waals surface area contributed by atoms with Crippen molar-refractivity contribution < 1.29 is 138 Å². The Morgan fingerprint density at radius 3 is 1.17 bits per heavy atom. The van der Waals surface area contributed by atoms with E-state index in [0.29, 0.717) is 12.8 Å². The van der Waals surface area contributed by atoms with Gasteiger partial charge in [-0.2, -0.15) is 0 Å². The summed E-state index contributed by atoms with van der Waals surface area (Å²) in [6.45, 7) is 1.59. The molecule has 0 aromatic heterocycles. The molecule has 626 valence electrons. The van der Waals surface area contributed by atoms with Crippen LogP contribution in [0.3, 0.4) is 0 Å². The maximum Gasteiger partial charge on any atom is 0.220 e. The molecule has 3 amide bonds. The Kier molecular flexibility index (Phi) is 47.2. The Labute approximate surface area is 633 Å². The van der Waals surface area contributed by atoms with E-state index in [1.807, 2.05) is 6.08 Å². The van der Waals surface area contributed by atoms with Crippen LogP contribution in [0.4, 0.5) is 0 Å². The molecule has 0 aromatic carbocycles. The van der Waals surface area contributed by atoms with Crippen LogP contribution in [-0.2, 0) is 61.8 Å². The molecule has 5 aliphatic rings. The summed E-state index contributed by atoms with van der Waals surface area (Å²) >= 11 is 0. The van der Waals surface area contributed by atoms with Gasteiger partial charge >= 0.3 is 0 Å². The number of unbranched alkanes of at least 4 members (excludes halogenated alkanes) is 31. The number of carbonyl (C=O) groups excluding carboxylic acids is 3. The van der Waals surface area contributed by atoms with Crippen molar-refractivity contribution in [3.05, 3.63) is 12.2 Å². The predicted octanol–water partition coefficient (Wildman–Crippen LogP) is 2.09. The summed E-state index contributed by atoms with van der Waals surface area (Å²) < 4.78 is 59.4. The van der Waals surface area contributed by atoms with Gasteiger partial charge in [0.2, 0.25) is 17.7 Å². The maximum absolute atomic E-state index is 13.6. The Balaban J connectivity index is 1.26. The van der Waals surface area contributed by atoms with Crippen LogP contribution in [-0.4, -0.2) is 300 Å². The van der Waals surface area contributed by atoms with Gasteiger partial charge in [-0.05, 0) is 19.3 Å². The molecule has 107 heavy (non-hydrogen) atoms. The van der Waals surface area contributed by atoms with Crippen LogP contribution in [0.25, 0.3) is 0 Å². The number of ether oxygens (including phenoxy) is 10. The highest BCUT2D eigenvalue weighted by atomic mass is 16.8. The highest BCUT2D eigenvalue weighted by Crippen LogP contribution is 2.36. The molecule has 5 heterocycles. The zero-order valence-electron chi connectivity index (χ0n) is 64.0. The van der Waals surface area contributed by atoms with Crippen LogP contribution >= 0.6 is 0 Å². The van der Waals surface area contributed by atoms with E-state index in [0.717, 1.165) is 65.2 Å². The molecule has 0 aliphatic carbocycles. The van der Waals surface area contributed by atoms with Crippen molar-refractivity contribution in [3.63, 3.8) is 0 Å². The molecular formula is C76H139N3O28. The minimum Gasteiger partial charge on any atom is -0.394 e. The highest BCUT2D eigenvalue weighted by Gasteiger charge is 2.57. The molecular weight excluding hydrogens is 1400 g/mol. The molecule has 5 aliphatic heterocycles. The van der Waals surface area contributed by atoms with Crippen molar-refractivity contribution in [1.82, 2.24) is 16.0 Å². The Morgan fingerprint density at radius 1 is 0.374 bits per heavy atom. The molecule has 18 N–H and O–H groups in total. The topological polar surface area (TPSA) is 483 Å². The van der Waals surface area contributed by atoms with Crippen LogP contribution in [0, 0.1) is 0 Å². The molecule has 10 unspecified atom stereocenters. The third-order valence-electron chi connectivity index (χ3n) is 21.1. The summed E-state index contributed by atoms with van der Waals surface area (Å²) in [5, 5.41) is 175. The van der Waals surface area contributed by atoms with Gasteiger partial charge in [0.25, 0.3) is 0 Å². The second kappa shape index (κ2) is 53.3. The fourth-order valence-corrected chi connectivity index (χ4v) is 14.6. The summed E-state index contributed by atoms with van der Waals surface area (Å²) in [7, 11) is 0. The van der Waals surface area contributed by atoms with Gasteiger partial charge in [0.15, 0.2) is 31.5 Å². The number of aliphatic hydroxyl groups excluding tert-OH is 15. The van der Waals surface area contributed by atoms with Gasteiger partial charge in [-0.1, -0.05) is 219 Å². The van der Waals surface area contributed by atoms with Gasteiger partial charge in [-0.15, -0.1) is 0 Å². The van der Waals surface area contributed by atoms with E-state index in [2.05, 4.69) is 29.8 Å².